The van der Waals surface area contributed by atoms with Crippen LogP contribution in [0.1, 0.15) is 39.0 Å². The van der Waals surface area contributed by atoms with Crippen molar-refractivity contribution in [1.82, 2.24) is 10.2 Å². The highest BCUT2D eigenvalue weighted by molar-refractivity contribution is 5.82. The topological polar surface area (TPSA) is 95.9 Å². The van der Waals surface area contributed by atoms with Gasteiger partial charge in [-0.05, 0) is 32.6 Å². The van der Waals surface area contributed by atoms with E-state index in [4.69, 9.17) is 9.84 Å². The second-order valence-electron chi connectivity index (χ2n) is 5.60. The summed E-state index contributed by atoms with van der Waals surface area (Å²) in [6, 6.07) is -0.638. The quantitative estimate of drug-likeness (QED) is 0.713. The van der Waals surface area contributed by atoms with E-state index < -0.39 is 17.9 Å². The number of amides is 2. The molecule has 0 aromatic heterocycles. The average molecular weight is 298 g/mol. The SMILES string of the molecule is CCOC(=O)CN(C(=O)NC1CCCC1C(=O)O)C1CC1. The number of carbonyl (C=O) groups is 3. The second kappa shape index (κ2) is 6.78. The Balaban J connectivity index is 1.92. The summed E-state index contributed by atoms with van der Waals surface area (Å²) < 4.78 is 4.88. The number of esters is 1. The van der Waals surface area contributed by atoms with Gasteiger partial charge in [-0.3, -0.25) is 9.59 Å². The van der Waals surface area contributed by atoms with Crippen molar-refractivity contribution in [2.45, 2.75) is 51.1 Å². The number of hydrogen-bond donors (Lipinski definition) is 2. The van der Waals surface area contributed by atoms with Crippen LogP contribution >= 0.6 is 0 Å². The first-order valence-corrected chi connectivity index (χ1v) is 7.48. The average Bonchev–Trinajstić information content (AvgIpc) is 3.15. The van der Waals surface area contributed by atoms with Crippen LogP contribution in [0.5, 0.6) is 0 Å². The summed E-state index contributed by atoms with van der Waals surface area (Å²) in [7, 11) is 0. The summed E-state index contributed by atoms with van der Waals surface area (Å²) in [5, 5.41) is 11.9. The molecule has 7 nitrogen and oxygen atoms in total. The van der Waals surface area contributed by atoms with Gasteiger partial charge in [0, 0.05) is 12.1 Å². The van der Waals surface area contributed by atoms with Crippen molar-refractivity contribution >= 4 is 18.0 Å². The van der Waals surface area contributed by atoms with Gasteiger partial charge in [-0.1, -0.05) is 6.42 Å². The van der Waals surface area contributed by atoms with Gasteiger partial charge < -0.3 is 20.1 Å². The van der Waals surface area contributed by atoms with Crippen molar-refractivity contribution in [2.24, 2.45) is 5.92 Å². The number of nitrogens with one attached hydrogen (secondary N) is 1. The van der Waals surface area contributed by atoms with E-state index in [9.17, 15) is 14.4 Å². The van der Waals surface area contributed by atoms with E-state index in [0.29, 0.717) is 12.8 Å². The third-order valence-electron chi connectivity index (χ3n) is 4.00. The molecular formula is C14H22N2O5. The highest BCUT2D eigenvalue weighted by Gasteiger charge is 2.38. The van der Waals surface area contributed by atoms with Gasteiger partial charge in [0.25, 0.3) is 0 Å². The number of hydrogen-bond acceptors (Lipinski definition) is 4. The number of rotatable bonds is 6. The third kappa shape index (κ3) is 4.09. The molecule has 118 valence electrons. The molecule has 0 saturated heterocycles. The number of carboxylic acid groups (broad SMARTS) is 1. The van der Waals surface area contributed by atoms with E-state index in [-0.39, 0.29) is 31.3 Å². The van der Waals surface area contributed by atoms with Crippen molar-refractivity contribution in [3.8, 4) is 0 Å². The van der Waals surface area contributed by atoms with E-state index in [1.54, 1.807) is 6.92 Å². The van der Waals surface area contributed by atoms with E-state index in [0.717, 1.165) is 19.3 Å². The molecule has 2 fully saturated rings. The van der Waals surface area contributed by atoms with Crippen molar-refractivity contribution in [3.63, 3.8) is 0 Å². The van der Waals surface area contributed by atoms with Gasteiger partial charge >= 0.3 is 18.0 Å². The van der Waals surface area contributed by atoms with Crippen molar-refractivity contribution < 1.29 is 24.2 Å². The van der Waals surface area contributed by atoms with Crippen LogP contribution < -0.4 is 5.32 Å². The largest absolute Gasteiger partial charge is 0.481 e. The fraction of sp³-hybridized carbons (Fsp3) is 0.786. The lowest BCUT2D eigenvalue weighted by molar-refractivity contribution is -0.144. The first-order chi connectivity index (χ1) is 10.0. The smallest absolute Gasteiger partial charge is 0.325 e. The maximum absolute atomic E-state index is 12.3. The molecule has 2 saturated carbocycles. The lowest BCUT2D eigenvalue weighted by Crippen LogP contribution is -2.49. The minimum atomic E-state index is -0.874. The van der Waals surface area contributed by atoms with Crippen molar-refractivity contribution in [3.05, 3.63) is 0 Å². The zero-order valence-corrected chi connectivity index (χ0v) is 12.2. The highest BCUT2D eigenvalue weighted by atomic mass is 16.5. The number of carboxylic acids is 1. The summed E-state index contributed by atoms with van der Waals surface area (Å²) in [5.41, 5.74) is 0. The van der Waals surface area contributed by atoms with Crippen LogP contribution in [-0.4, -0.2) is 53.2 Å². The first kappa shape index (κ1) is 15.6. The molecular weight excluding hydrogens is 276 g/mol. The third-order valence-corrected chi connectivity index (χ3v) is 4.00. The monoisotopic (exact) mass is 298 g/mol. The van der Waals surface area contributed by atoms with Crippen molar-refractivity contribution in [2.75, 3.05) is 13.2 Å². The Bertz CT molecular complexity index is 422. The molecule has 0 aliphatic heterocycles. The van der Waals surface area contributed by atoms with Crippen LogP contribution in [0.3, 0.4) is 0 Å². The van der Waals surface area contributed by atoms with Gasteiger partial charge in [0.05, 0.1) is 12.5 Å². The lowest BCUT2D eigenvalue weighted by atomic mass is 10.0. The number of urea groups is 1. The summed E-state index contributed by atoms with van der Waals surface area (Å²) in [5.74, 6) is -1.83. The van der Waals surface area contributed by atoms with Crippen LogP contribution in [0.2, 0.25) is 0 Å². The number of nitrogens with zero attached hydrogens (tertiary/aromatic N) is 1. The van der Waals surface area contributed by atoms with E-state index in [1.165, 1.54) is 4.90 Å². The molecule has 0 heterocycles. The molecule has 0 bridgehead atoms. The van der Waals surface area contributed by atoms with Crippen LogP contribution in [0.4, 0.5) is 4.79 Å². The molecule has 0 spiro atoms. The Morgan fingerprint density at radius 1 is 1.24 bits per heavy atom. The molecule has 2 aliphatic carbocycles. The molecule has 2 aliphatic rings. The van der Waals surface area contributed by atoms with E-state index in [2.05, 4.69) is 5.32 Å². The van der Waals surface area contributed by atoms with Gasteiger partial charge in [-0.15, -0.1) is 0 Å². The van der Waals surface area contributed by atoms with Crippen LogP contribution in [0, 0.1) is 5.92 Å². The fourth-order valence-corrected chi connectivity index (χ4v) is 2.77. The standard InChI is InChI=1S/C14H22N2O5/c1-2-21-12(17)8-16(9-6-7-9)14(20)15-11-5-3-4-10(11)13(18)19/h9-11H,2-8H2,1H3,(H,15,20)(H,18,19). The summed E-state index contributed by atoms with van der Waals surface area (Å²) in [4.78, 5) is 36.5. The molecule has 0 aromatic rings. The number of ether oxygens (including phenoxy) is 1. The summed E-state index contributed by atoms with van der Waals surface area (Å²) >= 11 is 0. The molecule has 2 unspecified atom stereocenters. The molecule has 2 N–H and O–H groups in total. The lowest BCUT2D eigenvalue weighted by Gasteiger charge is -2.25. The van der Waals surface area contributed by atoms with Gasteiger partial charge in [-0.2, -0.15) is 0 Å². The Morgan fingerprint density at radius 3 is 2.52 bits per heavy atom. The molecule has 2 rings (SSSR count). The minimum Gasteiger partial charge on any atom is -0.481 e. The Morgan fingerprint density at radius 2 is 1.95 bits per heavy atom. The molecule has 0 radical (unpaired) electrons. The van der Waals surface area contributed by atoms with Gasteiger partial charge in [0.2, 0.25) is 0 Å². The normalized spacial score (nSPS) is 24.4. The predicted octanol–water partition coefficient (Wildman–Crippen LogP) is 0.977. The second-order valence-corrected chi connectivity index (χ2v) is 5.60. The highest BCUT2D eigenvalue weighted by Crippen LogP contribution is 2.29. The van der Waals surface area contributed by atoms with Crippen LogP contribution in [-0.2, 0) is 14.3 Å². The maximum atomic E-state index is 12.3. The predicted molar refractivity (Wildman–Crippen MR) is 73.7 cm³/mol. The van der Waals surface area contributed by atoms with Crippen LogP contribution in [0.25, 0.3) is 0 Å². The van der Waals surface area contributed by atoms with Crippen LogP contribution in [0.15, 0.2) is 0 Å². The summed E-state index contributed by atoms with van der Waals surface area (Å²) in [6.07, 6.45) is 3.80. The maximum Gasteiger partial charge on any atom is 0.325 e. The van der Waals surface area contributed by atoms with E-state index in [1.807, 2.05) is 0 Å². The Hall–Kier alpha value is -1.79. The molecule has 2 amide bonds. The summed E-state index contributed by atoms with van der Waals surface area (Å²) in [6.45, 7) is 1.92. The molecule has 2 atom stereocenters. The zero-order valence-electron chi connectivity index (χ0n) is 12.2. The number of aliphatic carboxylic acids is 1. The van der Waals surface area contributed by atoms with Crippen molar-refractivity contribution in [1.29, 1.82) is 0 Å². The number of carbonyl (C=O) groups excluding carboxylic acids is 2. The Kier molecular flexibility index (Phi) is 5.03. The molecule has 7 heteroatoms. The first-order valence-electron chi connectivity index (χ1n) is 7.48. The van der Waals surface area contributed by atoms with Gasteiger partial charge in [-0.25, -0.2) is 4.79 Å². The minimum absolute atomic E-state index is 0.0686. The zero-order chi connectivity index (χ0) is 15.4. The van der Waals surface area contributed by atoms with Gasteiger partial charge in [0.1, 0.15) is 6.54 Å². The van der Waals surface area contributed by atoms with Gasteiger partial charge in [0.15, 0.2) is 0 Å². The Labute approximate surface area is 123 Å². The fourth-order valence-electron chi connectivity index (χ4n) is 2.77. The molecule has 0 aromatic carbocycles. The van der Waals surface area contributed by atoms with E-state index >= 15 is 0 Å². The molecule has 21 heavy (non-hydrogen) atoms.